The Balaban J connectivity index is 0.00000312. The van der Waals surface area contributed by atoms with Gasteiger partial charge in [-0.25, -0.2) is 0 Å². The highest BCUT2D eigenvalue weighted by Gasteiger charge is 2.23. The van der Waals surface area contributed by atoms with Crippen molar-refractivity contribution in [2.24, 2.45) is 11.7 Å². The van der Waals surface area contributed by atoms with Crippen molar-refractivity contribution in [1.82, 2.24) is 4.90 Å². The maximum Gasteiger partial charge on any atom is 0.255 e. The summed E-state index contributed by atoms with van der Waals surface area (Å²) in [6.07, 6.45) is 1.88. The van der Waals surface area contributed by atoms with Crippen molar-refractivity contribution in [2.75, 3.05) is 32.1 Å². The molecule has 1 fully saturated rings. The first-order valence-electron chi connectivity index (χ1n) is 8.46. The van der Waals surface area contributed by atoms with E-state index in [4.69, 9.17) is 10.5 Å². The molecule has 3 N–H and O–H groups in total. The van der Waals surface area contributed by atoms with Gasteiger partial charge in [0.25, 0.3) is 5.91 Å². The molecule has 1 atom stereocenters. The Bertz CT molecular complexity index is 570. The number of benzene rings is 1. The van der Waals surface area contributed by atoms with E-state index in [0.717, 1.165) is 25.9 Å². The molecule has 1 unspecified atom stereocenters. The highest BCUT2D eigenvalue weighted by atomic mass is 35.5. The fraction of sp³-hybridized carbons (Fsp3) is 0.556. The molecule has 0 bridgehead atoms. The molecule has 0 radical (unpaired) electrons. The minimum Gasteiger partial charge on any atom is -0.380 e. The van der Waals surface area contributed by atoms with Crippen LogP contribution >= 0.6 is 12.4 Å². The van der Waals surface area contributed by atoms with Gasteiger partial charge in [0, 0.05) is 26.7 Å². The van der Waals surface area contributed by atoms with Gasteiger partial charge in [-0.05, 0) is 30.9 Å². The summed E-state index contributed by atoms with van der Waals surface area (Å²) in [6.45, 7) is 4.01. The van der Waals surface area contributed by atoms with Crippen LogP contribution < -0.4 is 11.1 Å². The number of carbonyl (C=O) groups is 2. The van der Waals surface area contributed by atoms with Crippen LogP contribution in [0.2, 0.25) is 0 Å². The molecular formula is C18H28ClN3O3. The number of piperidine rings is 1. The molecule has 7 heteroatoms. The number of anilines is 1. The number of hydrogen-bond acceptors (Lipinski definition) is 4. The summed E-state index contributed by atoms with van der Waals surface area (Å²) in [5.74, 6) is 0.422. The number of carbonyl (C=O) groups excluding carboxylic acids is 2. The summed E-state index contributed by atoms with van der Waals surface area (Å²) < 4.78 is 5.13. The van der Waals surface area contributed by atoms with Crippen LogP contribution in [0.5, 0.6) is 0 Å². The van der Waals surface area contributed by atoms with E-state index in [1.54, 1.807) is 18.2 Å². The summed E-state index contributed by atoms with van der Waals surface area (Å²) in [5.41, 5.74) is 6.62. The fourth-order valence-electron chi connectivity index (χ4n) is 2.83. The van der Waals surface area contributed by atoms with E-state index in [-0.39, 0.29) is 43.3 Å². The highest BCUT2D eigenvalue weighted by Crippen LogP contribution is 2.22. The van der Waals surface area contributed by atoms with E-state index in [2.05, 4.69) is 12.2 Å². The molecule has 1 heterocycles. The largest absolute Gasteiger partial charge is 0.380 e. The smallest absolute Gasteiger partial charge is 0.255 e. The topological polar surface area (TPSA) is 84.7 Å². The fourth-order valence-corrected chi connectivity index (χ4v) is 2.83. The molecule has 6 nitrogen and oxygen atoms in total. The number of methoxy groups -OCH3 is 1. The van der Waals surface area contributed by atoms with Crippen LogP contribution in [0.25, 0.3) is 0 Å². The Morgan fingerprint density at radius 3 is 2.56 bits per heavy atom. The monoisotopic (exact) mass is 369 g/mol. The van der Waals surface area contributed by atoms with Gasteiger partial charge in [0.15, 0.2) is 0 Å². The third-order valence-corrected chi connectivity index (χ3v) is 4.51. The first-order valence-corrected chi connectivity index (χ1v) is 8.46. The number of nitrogens with two attached hydrogens (primary N) is 1. The molecule has 25 heavy (non-hydrogen) atoms. The summed E-state index contributed by atoms with van der Waals surface area (Å²) in [5, 5.41) is 2.82. The lowest BCUT2D eigenvalue weighted by Crippen LogP contribution is -2.38. The van der Waals surface area contributed by atoms with Gasteiger partial charge >= 0.3 is 0 Å². The van der Waals surface area contributed by atoms with Gasteiger partial charge in [-0.3, -0.25) is 9.59 Å². The van der Waals surface area contributed by atoms with Crippen LogP contribution in [0.3, 0.4) is 0 Å². The van der Waals surface area contributed by atoms with Crippen LogP contribution in [0.4, 0.5) is 5.69 Å². The first-order chi connectivity index (χ1) is 11.5. The Hall–Kier alpha value is -1.63. The Kier molecular flexibility index (Phi) is 8.89. The average Bonchev–Trinajstić information content (AvgIpc) is 2.60. The normalized spacial score (nSPS) is 16.0. The zero-order valence-electron chi connectivity index (χ0n) is 14.9. The van der Waals surface area contributed by atoms with Gasteiger partial charge in [0.1, 0.15) is 0 Å². The molecule has 2 amide bonds. The number of halogens is 1. The molecule has 140 valence electrons. The standard InChI is InChI=1S/C18H27N3O3.ClH/c1-13-7-9-21(10-8-13)18(23)15-5-3-4-6-16(15)20-17(22)11-14(12-19)24-2;/h3-6,13-14H,7-12,19H2,1-2H3,(H,20,22);1H. The van der Waals surface area contributed by atoms with Gasteiger partial charge in [0.05, 0.1) is 23.8 Å². The van der Waals surface area contributed by atoms with Crippen molar-refractivity contribution < 1.29 is 14.3 Å². The van der Waals surface area contributed by atoms with Crippen LogP contribution in [-0.2, 0) is 9.53 Å². The van der Waals surface area contributed by atoms with E-state index in [0.29, 0.717) is 17.2 Å². The maximum atomic E-state index is 12.8. The zero-order chi connectivity index (χ0) is 17.5. The summed E-state index contributed by atoms with van der Waals surface area (Å²) in [6, 6.07) is 7.13. The van der Waals surface area contributed by atoms with E-state index < -0.39 is 0 Å². The highest BCUT2D eigenvalue weighted by molar-refractivity contribution is 6.03. The van der Waals surface area contributed by atoms with Crippen LogP contribution in [0.1, 0.15) is 36.5 Å². The summed E-state index contributed by atoms with van der Waals surface area (Å²) in [7, 11) is 1.53. The van der Waals surface area contributed by atoms with Crippen molar-refractivity contribution >= 4 is 29.9 Å². The molecule has 2 rings (SSSR count). The minimum atomic E-state index is -0.323. The van der Waals surface area contributed by atoms with E-state index >= 15 is 0 Å². The molecule has 1 aliphatic rings. The molecule has 0 aliphatic carbocycles. The van der Waals surface area contributed by atoms with Crippen LogP contribution in [0.15, 0.2) is 24.3 Å². The molecule has 1 saturated heterocycles. The minimum absolute atomic E-state index is 0. The van der Waals surface area contributed by atoms with Crippen molar-refractivity contribution in [3.63, 3.8) is 0 Å². The van der Waals surface area contributed by atoms with Crippen LogP contribution in [0, 0.1) is 5.92 Å². The second kappa shape index (κ2) is 10.4. The van der Waals surface area contributed by atoms with Gasteiger partial charge < -0.3 is 20.7 Å². The van der Waals surface area contributed by atoms with Gasteiger partial charge in [0.2, 0.25) is 5.91 Å². The molecular weight excluding hydrogens is 342 g/mol. The number of amides is 2. The van der Waals surface area contributed by atoms with E-state index in [1.165, 1.54) is 7.11 Å². The zero-order valence-corrected chi connectivity index (χ0v) is 15.7. The Labute approximate surface area is 155 Å². The third-order valence-electron chi connectivity index (χ3n) is 4.51. The van der Waals surface area contributed by atoms with Crippen molar-refractivity contribution in [1.29, 1.82) is 0 Å². The predicted molar refractivity (Wildman–Crippen MR) is 101 cm³/mol. The second-order valence-electron chi connectivity index (χ2n) is 6.37. The lowest BCUT2D eigenvalue weighted by atomic mass is 9.98. The van der Waals surface area contributed by atoms with Crippen LogP contribution in [-0.4, -0.2) is 49.6 Å². The van der Waals surface area contributed by atoms with Crippen molar-refractivity contribution in [2.45, 2.75) is 32.3 Å². The number of nitrogens with zero attached hydrogens (tertiary/aromatic N) is 1. The maximum absolute atomic E-state index is 12.8. The number of nitrogens with one attached hydrogen (secondary N) is 1. The molecule has 0 spiro atoms. The van der Waals surface area contributed by atoms with Gasteiger partial charge in [-0.2, -0.15) is 0 Å². The summed E-state index contributed by atoms with van der Waals surface area (Å²) >= 11 is 0. The van der Waals surface area contributed by atoms with Crippen molar-refractivity contribution in [3.05, 3.63) is 29.8 Å². The quantitative estimate of drug-likeness (QED) is 0.805. The van der Waals surface area contributed by atoms with Crippen molar-refractivity contribution in [3.8, 4) is 0 Å². The van der Waals surface area contributed by atoms with E-state index in [9.17, 15) is 9.59 Å². The molecule has 0 saturated carbocycles. The number of hydrogen-bond donors (Lipinski definition) is 2. The molecule has 0 aromatic heterocycles. The number of para-hydroxylation sites is 1. The average molecular weight is 370 g/mol. The number of rotatable bonds is 6. The first kappa shape index (κ1) is 21.4. The second-order valence-corrected chi connectivity index (χ2v) is 6.37. The Morgan fingerprint density at radius 1 is 1.32 bits per heavy atom. The van der Waals surface area contributed by atoms with Gasteiger partial charge in [-0.15, -0.1) is 12.4 Å². The number of likely N-dealkylation sites (tertiary alicyclic amines) is 1. The summed E-state index contributed by atoms with van der Waals surface area (Å²) in [4.78, 5) is 26.8. The third kappa shape index (κ3) is 5.99. The predicted octanol–water partition coefficient (Wildman–Crippen LogP) is 2.28. The molecule has 1 aliphatic heterocycles. The Morgan fingerprint density at radius 2 is 1.96 bits per heavy atom. The number of ether oxygens (including phenoxy) is 1. The van der Waals surface area contributed by atoms with Gasteiger partial charge in [-0.1, -0.05) is 19.1 Å². The molecule has 1 aromatic carbocycles. The lowest BCUT2D eigenvalue weighted by molar-refractivity contribution is -0.118. The molecule has 1 aromatic rings. The van der Waals surface area contributed by atoms with E-state index in [1.807, 2.05) is 11.0 Å². The lowest BCUT2D eigenvalue weighted by Gasteiger charge is -2.30. The SMILES string of the molecule is COC(CN)CC(=O)Nc1ccccc1C(=O)N1CCC(C)CC1.Cl.